The lowest BCUT2D eigenvalue weighted by Crippen LogP contribution is -2.08. The summed E-state index contributed by atoms with van der Waals surface area (Å²) in [6.45, 7) is 2.56. The van der Waals surface area contributed by atoms with Gasteiger partial charge in [0.15, 0.2) is 0 Å². The Labute approximate surface area is 120 Å². The first-order valence-electron chi connectivity index (χ1n) is 6.39. The molecule has 1 aliphatic rings. The molecule has 0 aliphatic carbocycles. The van der Waals surface area contributed by atoms with Gasteiger partial charge in [0.05, 0.1) is 43.3 Å². The molecule has 0 aromatic carbocycles. The van der Waals surface area contributed by atoms with E-state index in [1.54, 1.807) is 13.1 Å². The molecule has 0 N–H and O–H groups in total. The molecule has 2 aromatic heterocycles. The van der Waals surface area contributed by atoms with Crippen molar-refractivity contribution < 1.29 is 14.3 Å². The summed E-state index contributed by atoms with van der Waals surface area (Å²) in [5.74, 6) is 0.341. The van der Waals surface area contributed by atoms with Crippen molar-refractivity contribution in [3.8, 4) is 11.8 Å². The van der Waals surface area contributed by atoms with Crippen molar-refractivity contribution in [2.45, 2.75) is 13.5 Å². The minimum absolute atomic E-state index is 0.309. The molecule has 0 atom stereocenters. The maximum atomic E-state index is 11.6. The van der Waals surface area contributed by atoms with Gasteiger partial charge in [-0.1, -0.05) is 0 Å². The number of esters is 1. The van der Waals surface area contributed by atoms with Gasteiger partial charge in [-0.2, -0.15) is 10.1 Å². The van der Waals surface area contributed by atoms with Crippen molar-refractivity contribution in [3.63, 3.8) is 0 Å². The third kappa shape index (κ3) is 2.35. The summed E-state index contributed by atoms with van der Waals surface area (Å²) in [6.07, 6.45) is 4.60. The summed E-state index contributed by atoms with van der Waals surface area (Å²) in [4.78, 5) is 24.4. The van der Waals surface area contributed by atoms with E-state index in [4.69, 9.17) is 9.47 Å². The Balaban J connectivity index is 1.97. The summed E-state index contributed by atoms with van der Waals surface area (Å²) >= 11 is 0. The van der Waals surface area contributed by atoms with E-state index in [2.05, 4.69) is 20.1 Å². The molecular weight excluding hydrogens is 274 g/mol. The lowest BCUT2D eigenvalue weighted by atomic mass is 10.2. The number of aromatic nitrogens is 4. The van der Waals surface area contributed by atoms with Crippen LogP contribution in [0.15, 0.2) is 17.4 Å². The van der Waals surface area contributed by atoms with Crippen LogP contribution in [0.1, 0.15) is 28.5 Å². The summed E-state index contributed by atoms with van der Waals surface area (Å²) in [5.41, 5.74) is 1.89. The van der Waals surface area contributed by atoms with Crippen molar-refractivity contribution in [2.75, 3.05) is 13.7 Å². The lowest BCUT2D eigenvalue weighted by Gasteiger charge is -2.07. The van der Waals surface area contributed by atoms with Gasteiger partial charge in [-0.05, 0) is 6.92 Å². The van der Waals surface area contributed by atoms with Crippen molar-refractivity contribution in [2.24, 2.45) is 4.99 Å². The third-order valence-corrected chi connectivity index (χ3v) is 2.94. The van der Waals surface area contributed by atoms with E-state index in [1.165, 1.54) is 24.2 Å². The number of carbonyl (C=O) groups excluding carboxylic acids is 1. The Hall–Kier alpha value is -2.77. The van der Waals surface area contributed by atoms with Crippen LogP contribution in [-0.4, -0.2) is 45.6 Å². The zero-order valence-corrected chi connectivity index (χ0v) is 11.6. The Morgan fingerprint density at radius 2 is 2.29 bits per heavy atom. The van der Waals surface area contributed by atoms with Crippen LogP contribution in [0.25, 0.3) is 5.95 Å². The van der Waals surface area contributed by atoms with Crippen LogP contribution in [0.3, 0.4) is 0 Å². The van der Waals surface area contributed by atoms with Crippen LogP contribution in [0.2, 0.25) is 0 Å². The standard InChI is InChI=1S/C13H13N5O3/c1-3-21-12(19)8-4-15-18(7-8)13-16-10-6-14-5-9(10)11(17-13)20-2/h4,6-7H,3,5H2,1-2H3. The maximum Gasteiger partial charge on any atom is 0.341 e. The number of fused-ring (bicyclic) bond motifs is 1. The number of hydrogen-bond acceptors (Lipinski definition) is 7. The largest absolute Gasteiger partial charge is 0.481 e. The number of rotatable bonds is 4. The first-order valence-corrected chi connectivity index (χ1v) is 6.39. The number of hydrogen-bond donors (Lipinski definition) is 0. The Morgan fingerprint density at radius 1 is 1.43 bits per heavy atom. The first kappa shape index (κ1) is 13.2. The van der Waals surface area contributed by atoms with Gasteiger partial charge in [-0.15, -0.1) is 0 Å². The normalized spacial score (nSPS) is 12.3. The van der Waals surface area contributed by atoms with Crippen LogP contribution in [0.5, 0.6) is 5.88 Å². The number of nitrogens with zero attached hydrogens (tertiary/aromatic N) is 5. The second-order valence-corrected chi connectivity index (χ2v) is 4.26. The van der Waals surface area contributed by atoms with Gasteiger partial charge in [0, 0.05) is 12.4 Å². The van der Waals surface area contributed by atoms with Crippen molar-refractivity contribution in [3.05, 3.63) is 29.2 Å². The Morgan fingerprint density at radius 3 is 3.05 bits per heavy atom. The van der Waals surface area contributed by atoms with Gasteiger partial charge in [-0.3, -0.25) is 4.99 Å². The topological polar surface area (TPSA) is 91.5 Å². The quantitative estimate of drug-likeness (QED) is 0.772. The monoisotopic (exact) mass is 287 g/mol. The zero-order chi connectivity index (χ0) is 14.8. The minimum Gasteiger partial charge on any atom is -0.481 e. The molecule has 0 saturated carbocycles. The summed E-state index contributed by atoms with van der Waals surface area (Å²) < 4.78 is 11.6. The second-order valence-electron chi connectivity index (χ2n) is 4.26. The molecule has 3 heterocycles. The molecule has 2 aromatic rings. The summed E-state index contributed by atoms with van der Waals surface area (Å²) in [5, 5.41) is 4.08. The molecule has 0 bridgehead atoms. The van der Waals surface area contributed by atoms with Gasteiger partial charge in [0.25, 0.3) is 5.95 Å². The van der Waals surface area contributed by atoms with Gasteiger partial charge in [-0.25, -0.2) is 14.5 Å². The van der Waals surface area contributed by atoms with Crippen molar-refractivity contribution in [1.82, 2.24) is 19.7 Å². The molecule has 0 spiro atoms. The van der Waals surface area contributed by atoms with E-state index in [0.29, 0.717) is 36.2 Å². The van der Waals surface area contributed by atoms with Crippen molar-refractivity contribution in [1.29, 1.82) is 0 Å². The van der Waals surface area contributed by atoms with E-state index in [0.717, 1.165) is 5.56 Å². The first-order chi connectivity index (χ1) is 10.2. The number of carbonyl (C=O) groups is 1. The third-order valence-electron chi connectivity index (χ3n) is 2.94. The van der Waals surface area contributed by atoms with E-state index < -0.39 is 5.97 Å². The van der Waals surface area contributed by atoms with Crippen LogP contribution in [0.4, 0.5) is 0 Å². The zero-order valence-electron chi connectivity index (χ0n) is 11.6. The molecule has 8 nitrogen and oxygen atoms in total. The van der Waals surface area contributed by atoms with E-state index in [1.807, 2.05) is 0 Å². The highest BCUT2D eigenvalue weighted by molar-refractivity contribution is 5.88. The van der Waals surface area contributed by atoms with Crippen LogP contribution < -0.4 is 4.74 Å². The van der Waals surface area contributed by atoms with Gasteiger partial charge < -0.3 is 9.47 Å². The molecule has 0 saturated heterocycles. The van der Waals surface area contributed by atoms with Crippen LogP contribution in [0, 0.1) is 0 Å². The molecular formula is C13H13N5O3. The average Bonchev–Trinajstić information content (AvgIpc) is 3.15. The van der Waals surface area contributed by atoms with Crippen molar-refractivity contribution >= 4 is 12.2 Å². The lowest BCUT2D eigenvalue weighted by molar-refractivity contribution is 0.0526. The highest BCUT2D eigenvalue weighted by Gasteiger charge is 2.19. The molecule has 0 fully saturated rings. The SMILES string of the molecule is CCOC(=O)c1cnn(-c2nc3c(c(OC)n2)CN=C3)c1. The van der Waals surface area contributed by atoms with Gasteiger partial charge in [0.1, 0.15) is 0 Å². The number of aliphatic imine (C=N–C) groups is 1. The Kier molecular flexibility index (Phi) is 3.35. The molecule has 0 amide bonds. The predicted molar refractivity (Wildman–Crippen MR) is 73.0 cm³/mol. The fraction of sp³-hybridized carbons (Fsp3) is 0.308. The fourth-order valence-electron chi connectivity index (χ4n) is 1.97. The van der Waals surface area contributed by atoms with E-state index in [9.17, 15) is 4.79 Å². The second kappa shape index (κ2) is 5.31. The fourth-order valence-corrected chi connectivity index (χ4v) is 1.97. The summed E-state index contributed by atoms with van der Waals surface area (Å²) in [7, 11) is 1.54. The van der Waals surface area contributed by atoms with E-state index >= 15 is 0 Å². The number of ether oxygens (including phenoxy) is 2. The highest BCUT2D eigenvalue weighted by atomic mass is 16.5. The van der Waals surface area contributed by atoms with Gasteiger partial charge in [0.2, 0.25) is 5.88 Å². The smallest absolute Gasteiger partial charge is 0.341 e. The summed E-state index contributed by atoms with van der Waals surface area (Å²) in [6, 6.07) is 0. The molecule has 0 unspecified atom stereocenters. The number of methoxy groups -OCH3 is 1. The van der Waals surface area contributed by atoms with E-state index in [-0.39, 0.29) is 0 Å². The molecule has 21 heavy (non-hydrogen) atoms. The molecule has 0 radical (unpaired) electrons. The predicted octanol–water partition coefficient (Wildman–Crippen LogP) is 0.780. The minimum atomic E-state index is -0.432. The van der Waals surface area contributed by atoms with Crippen LogP contribution in [-0.2, 0) is 11.3 Å². The molecule has 108 valence electrons. The highest BCUT2D eigenvalue weighted by Crippen LogP contribution is 2.23. The maximum absolute atomic E-state index is 11.6. The van der Waals surface area contributed by atoms with Gasteiger partial charge >= 0.3 is 5.97 Å². The Bertz CT molecular complexity index is 723. The van der Waals surface area contributed by atoms with Crippen LogP contribution >= 0.6 is 0 Å². The average molecular weight is 287 g/mol. The molecule has 1 aliphatic heterocycles. The molecule has 3 rings (SSSR count). The molecule has 8 heteroatoms.